The predicted octanol–water partition coefficient (Wildman–Crippen LogP) is 0.992. The zero-order valence-corrected chi connectivity index (χ0v) is 4.84. The van der Waals surface area contributed by atoms with E-state index in [0.29, 0.717) is 0 Å². The molecular weight excluding hydrogens is 127 g/mol. The fraction of sp³-hybridized carbons (Fsp3) is 0. The maximum absolute atomic E-state index is 10.4. The fourth-order valence-corrected chi connectivity index (χ4v) is 0.848. The molecule has 43 valence electrons. The van der Waals surface area contributed by atoms with Crippen molar-refractivity contribution in [2.75, 3.05) is 0 Å². The summed E-state index contributed by atoms with van der Waals surface area (Å²) < 4.78 is 18.0. The van der Waals surface area contributed by atoms with Crippen LogP contribution >= 0.6 is 7.67 Å². The number of allylic oxidation sites excluding steroid dienone is 1. The van der Waals surface area contributed by atoms with Crippen LogP contribution in [0.15, 0.2) is 17.1 Å². The minimum Gasteiger partial charge on any atom is -0.424 e. The monoisotopic (exact) mass is 131 g/mol. The Hall–Kier alpha value is -0.600. The van der Waals surface area contributed by atoms with Crippen LogP contribution in [0.25, 0.3) is 0 Å². The summed E-state index contributed by atoms with van der Waals surface area (Å²) in [5, 5.41) is 0. The number of rotatable bonds is 0. The molecule has 0 aliphatic carbocycles. The zero-order chi connectivity index (χ0) is 6.04. The van der Waals surface area contributed by atoms with E-state index in [4.69, 9.17) is 5.50 Å². The Balaban J connectivity index is 2.81. The molecule has 0 spiro atoms. The molecule has 0 amide bonds. The average molecular weight is 131 g/mol. The van der Waals surface area contributed by atoms with Gasteiger partial charge in [0.05, 0.1) is 6.26 Å². The van der Waals surface area contributed by atoms with Crippen molar-refractivity contribution >= 4 is 13.9 Å². The average Bonchev–Trinajstić information content (AvgIpc) is 1.65. The third kappa shape index (κ3) is 1.18. The van der Waals surface area contributed by atoms with Crippen molar-refractivity contribution in [2.24, 2.45) is 4.76 Å². The van der Waals surface area contributed by atoms with Crippen LogP contribution in [0.4, 0.5) is 0 Å². The van der Waals surface area contributed by atoms with Gasteiger partial charge in [0.25, 0.3) is 0 Å². The van der Waals surface area contributed by atoms with Crippen LogP contribution in [-0.4, -0.2) is 6.21 Å². The molecule has 0 aromatic rings. The van der Waals surface area contributed by atoms with E-state index in [1.165, 1.54) is 18.6 Å². The molecule has 0 fully saturated rings. The van der Waals surface area contributed by atoms with E-state index < -0.39 is 7.67 Å². The summed E-state index contributed by atoms with van der Waals surface area (Å²) in [5.74, 6) is 0. The Morgan fingerprint density at radius 2 is 2.50 bits per heavy atom. The summed E-state index contributed by atoms with van der Waals surface area (Å²) in [7, 11) is -3.35. The Bertz CT molecular complexity index is 186. The zero-order valence-electron chi connectivity index (χ0n) is 3.94. The van der Waals surface area contributed by atoms with Crippen LogP contribution in [0.2, 0.25) is 0 Å². The van der Waals surface area contributed by atoms with E-state index in [2.05, 4.69) is 9.29 Å². The van der Waals surface area contributed by atoms with Crippen LogP contribution in [0, 0.1) is 0 Å². The summed E-state index contributed by atoms with van der Waals surface area (Å²) in [6.07, 6.45) is 3.96. The van der Waals surface area contributed by atoms with E-state index in [1.807, 2.05) is 0 Å². The number of hydrogen-bond acceptors (Lipinski definition) is 2. The second-order valence-electron chi connectivity index (χ2n) is 1.22. The predicted molar refractivity (Wildman–Crippen MR) is 29.4 cm³/mol. The van der Waals surface area contributed by atoms with Crippen LogP contribution in [0.1, 0.15) is 0 Å². The first-order valence-corrected chi connectivity index (χ1v) is 3.53. The Morgan fingerprint density at radius 1 is 1.75 bits per heavy atom. The summed E-state index contributed by atoms with van der Waals surface area (Å²) in [6.45, 7) is 0. The molecule has 0 aromatic heterocycles. The maximum atomic E-state index is 10.4. The van der Waals surface area contributed by atoms with Gasteiger partial charge in [0.15, 0.2) is 0 Å². The molecule has 0 bridgehead atoms. The van der Waals surface area contributed by atoms with Crippen LogP contribution in [-0.2, 0) is 9.09 Å². The van der Waals surface area contributed by atoms with Gasteiger partial charge in [-0.15, -0.1) is 5.50 Å². The van der Waals surface area contributed by atoms with E-state index in [-0.39, 0.29) is 0 Å². The van der Waals surface area contributed by atoms with Gasteiger partial charge in [-0.25, -0.2) is 4.57 Å². The van der Waals surface area contributed by atoms with Gasteiger partial charge < -0.3 is 4.52 Å². The summed E-state index contributed by atoms with van der Waals surface area (Å²) in [5.41, 5.74) is 6.71. The molecule has 0 saturated carbocycles. The van der Waals surface area contributed by atoms with Gasteiger partial charge in [0.2, 0.25) is 0 Å². The van der Waals surface area contributed by atoms with Crippen LogP contribution in [0.5, 0.6) is 0 Å². The van der Waals surface area contributed by atoms with Gasteiger partial charge in [-0.3, -0.25) is 0 Å². The molecule has 1 heterocycles. The van der Waals surface area contributed by atoms with Crippen LogP contribution < -0.4 is 5.50 Å². The van der Waals surface area contributed by atoms with Gasteiger partial charge in [-0.1, -0.05) is 0 Å². The lowest BCUT2D eigenvalue weighted by Gasteiger charge is -2.04. The van der Waals surface area contributed by atoms with Gasteiger partial charge in [0.1, 0.15) is 0 Å². The quantitative estimate of drug-likeness (QED) is 0.460. The summed E-state index contributed by atoms with van der Waals surface area (Å²) >= 11 is 0. The van der Waals surface area contributed by atoms with Crippen molar-refractivity contribution in [3.63, 3.8) is 0 Å². The first-order valence-electron chi connectivity index (χ1n) is 1.95. The highest BCUT2D eigenvalue weighted by atomic mass is 31.2. The summed E-state index contributed by atoms with van der Waals surface area (Å²) in [4.78, 5) is 0. The SMILES string of the molecule is [NH]P1(=O)N=CC=CO1. The minimum absolute atomic E-state index is 1.20. The Labute approximate surface area is 46.6 Å². The van der Waals surface area contributed by atoms with Crippen molar-refractivity contribution in [3.8, 4) is 0 Å². The smallest absolute Gasteiger partial charge is 0.424 e. The van der Waals surface area contributed by atoms with E-state index in [1.54, 1.807) is 0 Å². The topological polar surface area (TPSA) is 62.5 Å². The molecule has 1 radical (unpaired) electrons. The standard InChI is InChI=1S/C3H4N2O2P/c4-8(6)5-2-1-3-7-8/h1-4H. The van der Waals surface area contributed by atoms with Crippen molar-refractivity contribution in [3.05, 3.63) is 12.3 Å². The minimum atomic E-state index is -3.35. The van der Waals surface area contributed by atoms with Gasteiger partial charge in [-0.05, 0) is 6.08 Å². The molecule has 5 heteroatoms. The molecule has 4 nitrogen and oxygen atoms in total. The van der Waals surface area contributed by atoms with Gasteiger partial charge >= 0.3 is 7.67 Å². The highest BCUT2D eigenvalue weighted by molar-refractivity contribution is 7.54. The number of hydrogen-bond donors (Lipinski definition) is 0. The van der Waals surface area contributed by atoms with Crippen molar-refractivity contribution in [2.45, 2.75) is 0 Å². The largest absolute Gasteiger partial charge is 0.451 e. The molecule has 1 N–H and O–H groups in total. The lowest BCUT2D eigenvalue weighted by molar-refractivity contribution is 0.439. The van der Waals surface area contributed by atoms with Gasteiger partial charge in [-0.2, -0.15) is 4.76 Å². The molecule has 1 unspecified atom stereocenters. The third-order valence-corrected chi connectivity index (χ3v) is 1.43. The van der Waals surface area contributed by atoms with Gasteiger partial charge in [0, 0.05) is 6.21 Å². The van der Waals surface area contributed by atoms with Crippen molar-refractivity contribution in [1.82, 2.24) is 5.50 Å². The lowest BCUT2D eigenvalue weighted by atomic mass is 10.7. The third-order valence-electron chi connectivity index (χ3n) is 0.587. The molecule has 1 aliphatic heterocycles. The maximum Gasteiger partial charge on any atom is 0.451 e. The normalized spacial score (nSPS) is 34.6. The Kier molecular flexibility index (Phi) is 1.19. The molecule has 1 rings (SSSR count). The molecule has 1 aliphatic rings. The molecule has 8 heavy (non-hydrogen) atoms. The first-order chi connectivity index (χ1) is 3.71. The lowest BCUT2D eigenvalue weighted by Crippen LogP contribution is -1.85. The van der Waals surface area contributed by atoms with Crippen molar-refractivity contribution < 1.29 is 9.09 Å². The highest BCUT2D eigenvalue weighted by Gasteiger charge is 2.14. The Morgan fingerprint density at radius 3 is 2.75 bits per heavy atom. The van der Waals surface area contributed by atoms with E-state index in [9.17, 15) is 4.57 Å². The highest BCUT2D eigenvalue weighted by Crippen LogP contribution is 2.43. The van der Waals surface area contributed by atoms with Crippen LogP contribution in [0.3, 0.4) is 0 Å². The first kappa shape index (κ1) is 5.54. The number of nitrogens with one attached hydrogen (secondary N) is 1. The van der Waals surface area contributed by atoms with E-state index in [0.717, 1.165) is 0 Å². The second kappa shape index (κ2) is 1.73. The van der Waals surface area contributed by atoms with Crippen molar-refractivity contribution in [1.29, 1.82) is 0 Å². The number of nitrogens with zero attached hydrogens (tertiary/aromatic N) is 1. The molecule has 0 aromatic carbocycles. The second-order valence-corrected chi connectivity index (χ2v) is 2.70. The molecule has 0 saturated heterocycles. The summed E-state index contributed by atoms with van der Waals surface area (Å²) in [6, 6.07) is 0. The molecular formula is C3H4N2O2P. The fourth-order valence-electron chi connectivity index (χ4n) is 0.306. The molecule has 1 atom stereocenters. The van der Waals surface area contributed by atoms with E-state index >= 15 is 0 Å².